The predicted octanol–water partition coefficient (Wildman–Crippen LogP) is 1.36. The van der Waals surface area contributed by atoms with Gasteiger partial charge in [-0.1, -0.05) is 37.3 Å². The molecule has 0 bridgehead atoms. The first-order valence-electron chi connectivity index (χ1n) is 9.70. The summed E-state index contributed by atoms with van der Waals surface area (Å²) in [4.78, 5) is 17.6. The molecule has 0 radical (unpaired) electrons. The molecule has 25 heavy (non-hydrogen) atoms. The van der Waals surface area contributed by atoms with Gasteiger partial charge in [-0.05, 0) is 31.9 Å². The maximum Gasteiger partial charge on any atom is 0.241 e. The Labute approximate surface area is 150 Å². The number of nitrogens with one attached hydrogen (secondary N) is 2. The zero-order chi connectivity index (χ0) is 17.4. The van der Waals surface area contributed by atoms with Crippen LogP contribution >= 0.6 is 0 Å². The number of nitrogens with zero attached hydrogens (tertiary/aromatic N) is 2. The van der Waals surface area contributed by atoms with Gasteiger partial charge in [0.2, 0.25) is 5.91 Å². The summed E-state index contributed by atoms with van der Waals surface area (Å²) in [6.07, 6.45) is 1.95. The van der Waals surface area contributed by atoms with Gasteiger partial charge in [-0.2, -0.15) is 0 Å². The number of carbonyl (C=O) groups is 1. The molecule has 4 rings (SSSR count). The van der Waals surface area contributed by atoms with E-state index >= 15 is 0 Å². The molecule has 3 aliphatic rings. The van der Waals surface area contributed by atoms with Gasteiger partial charge in [0.1, 0.15) is 6.04 Å². The lowest BCUT2D eigenvalue weighted by atomic mass is 9.68. The molecule has 3 fully saturated rings. The SMILES string of the molecule is CCN1CC2CN(C(=O)C3CC(C)NN3)CCC2(c2ccccc2)C1. The number of rotatable bonds is 3. The van der Waals surface area contributed by atoms with Crippen LogP contribution < -0.4 is 10.9 Å². The van der Waals surface area contributed by atoms with Crippen LogP contribution in [-0.4, -0.2) is 60.5 Å². The Balaban J connectivity index is 1.54. The first-order valence-corrected chi connectivity index (χ1v) is 9.70. The standard InChI is InChI=1S/C20H30N4O/c1-3-23-12-17-13-24(19(25)18-11-15(2)21-22-18)10-9-20(17,14-23)16-7-5-4-6-8-16/h4-8,15,17-18,21-22H,3,9-14H2,1-2H3. The van der Waals surface area contributed by atoms with E-state index in [9.17, 15) is 4.79 Å². The fraction of sp³-hybridized carbons (Fsp3) is 0.650. The van der Waals surface area contributed by atoms with E-state index in [1.165, 1.54) is 5.56 Å². The Hall–Kier alpha value is -1.43. The lowest BCUT2D eigenvalue weighted by Crippen LogP contribution is -2.55. The van der Waals surface area contributed by atoms with Crippen molar-refractivity contribution in [3.8, 4) is 0 Å². The van der Waals surface area contributed by atoms with Crippen LogP contribution in [0.3, 0.4) is 0 Å². The third-order valence-electron chi connectivity index (χ3n) is 6.53. The van der Waals surface area contributed by atoms with Crippen molar-refractivity contribution in [2.24, 2.45) is 5.92 Å². The maximum absolute atomic E-state index is 12.9. The molecule has 5 heteroatoms. The van der Waals surface area contributed by atoms with Crippen molar-refractivity contribution in [2.45, 2.75) is 44.2 Å². The summed E-state index contributed by atoms with van der Waals surface area (Å²) in [5.74, 6) is 0.799. The molecule has 0 spiro atoms. The minimum Gasteiger partial charge on any atom is -0.341 e. The first kappa shape index (κ1) is 17.0. The molecule has 0 saturated carbocycles. The zero-order valence-corrected chi connectivity index (χ0v) is 15.4. The average molecular weight is 342 g/mol. The van der Waals surface area contributed by atoms with E-state index in [4.69, 9.17) is 0 Å². The quantitative estimate of drug-likeness (QED) is 0.871. The van der Waals surface area contributed by atoms with Gasteiger partial charge in [-0.3, -0.25) is 10.2 Å². The second-order valence-corrected chi connectivity index (χ2v) is 8.06. The van der Waals surface area contributed by atoms with Crippen LogP contribution in [0.5, 0.6) is 0 Å². The molecular formula is C20H30N4O. The van der Waals surface area contributed by atoms with E-state index in [0.717, 1.165) is 45.6 Å². The van der Waals surface area contributed by atoms with Gasteiger partial charge in [-0.15, -0.1) is 0 Å². The normalized spacial score (nSPS) is 35.8. The Kier molecular flexibility index (Phi) is 4.56. The molecule has 1 aromatic rings. The highest BCUT2D eigenvalue weighted by Gasteiger charge is 2.51. The molecule has 3 heterocycles. The maximum atomic E-state index is 12.9. The van der Waals surface area contributed by atoms with Crippen molar-refractivity contribution in [3.63, 3.8) is 0 Å². The zero-order valence-electron chi connectivity index (χ0n) is 15.4. The molecule has 136 valence electrons. The lowest BCUT2D eigenvalue weighted by Gasteiger charge is -2.44. The second-order valence-electron chi connectivity index (χ2n) is 8.06. The molecule has 2 N–H and O–H groups in total. The number of carbonyl (C=O) groups excluding carboxylic acids is 1. The monoisotopic (exact) mass is 342 g/mol. The molecule has 5 nitrogen and oxygen atoms in total. The molecule has 0 aliphatic carbocycles. The highest BCUT2D eigenvalue weighted by molar-refractivity contribution is 5.82. The van der Waals surface area contributed by atoms with Gasteiger partial charge in [0.05, 0.1) is 0 Å². The summed E-state index contributed by atoms with van der Waals surface area (Å²) in [7, 11) is 0. The van der Waals surface area contributed by atoms with Crippen molar-refractivity contribution in [3.05, 3.63) is 35.9 Å². The van der Waals surface area contributed by atoms with Gasteiger partial charge < -0.3 is 9.80 Å². The Bertz CT molecular complexity index is 621. The third-order valence-corrected chi connectivity index (χ3v) is 6.53. The minimum absolute atomic E-state index is 0.0668. The van der Waals surface area contributed by atoms with Gasteiger partial charge in [0.15, 0.2) is 0 Å². The van der Waals surface area contributed by atoms with Crippen LogP contribution in [0.4, 0.5) is 0 Å². The van der Waals surface area contributed by atoms with Crippen molar-refractivity contribution in [1.29, 1.82) is 0 Å². The van der Waals surface area contributed by atoms with Crippen LogP contribution in [0.1, 0.15) is 32.3 Å². The van der Waals surface area contributed by atoms with Gasteiger partial charge >= 0.3 is 0 Å². The van der Waals surface area contributed by atoms with Crippen molar-refractivity contribution < 1.29 is 4.79 Å². The van der Waals surface area contributed by atoms with Gasteiger partial charge in [0, 0.05) is 43.6 Å². The Morgan fingerprint density at radius 2 is 2.04 bits per heavy atom. The topological polar surface area (TPSA) is 47.6 Å². The first-order chi connectivity index (χ1) is 12.1. The predicted molar refractivity (Wildman–Crippen MR) is 99.1 cm³/mol. The summed E-state index contributed by atoms with van der Waals surface area (Å²) in [6.45, 7) is 9.43. The van der Waals surface area contributed by atoms with E-state index in [1.54, 1.807) is 0 Å². The number of benzene rings is 1. The Morgan fingerprint density at radius 3 is 2.72 bits per heavy atom. The van der Waals surface area contributed by atoms with Crippen molar-refractivity contribution in [2.75, 3.05) is 32.7 Å². The number of hydrogen-bond acceptors (Lipinski definition) is 4. The number of hydrogen-bond donors (Lipinski definition) is 2. The van der Waals surface area contributed by atoms with Gasteiger partial charge in [-0.25, -0.2) is 5.43 Å². The highest BCUT2D eigenvalue weighted by atomic mass is 16.2. The number of hydrazine groups is 1. The molecule has 0 aromatic heterocycles. The van der Waals surface area contributed by atoms with Gasteiger partial charge in [0.25, 0.3) is 0 Å². The van der Waals surface area contributed by atoms with Crippen LogP contribution in [0.2, 0.25) is 0 Å². The minimum atomic E-state index is -0.0668. The molecule has 3 aliphatic heterocycles. The lowest BCUT2D eigenvalue weighted by molar-refractivity contribution is -0.135. The van der Waals surface area contributed by atoms with Crippen LogP contribution in [0.25, 0.3) is 0 Å². The fourth-order valence-electron chi connectivity index (χ4n) is 5.07. The average Bonchev–Trinajstić information content (AvgIpc) is 3.25. The van der Waals surface area contributed by atoms with E-state index in [1.807, 2.05) is 0 Å². The summed E-state index contributed by atoms with van der Waals surface area (Å²) >= 11 is 0. The van der Waals surface area contributed by atoms with Crippen molar-refractivity contribution in [1.82, 2.24) is 20.7 Å². The number of likely N-dealkylation sites (N-methyl/N-ethyl adjacent to an activating group) is 1. The van der Waals surface area contributed by atoms with E-state index in [0.29, 0.717) is 12.0 Å². The fourth-order valence-corrected chi connectivity index (χ4v) is 5.07. The molecule has 1 amide bonds. The molecule has 4 atom stereocenters. The molecule has 3 saturated heterocycles. The van der Waals surface area contributed by atoms with Crippen molar-refractivity contribution >= 4 is 5.91 Å². The molecule has 1 aromatic carbocycles. The summed E-state index contributed by atoms with van der Waals surface area (Å²) in [6, 6.07) is 11.3. The number of fused-ring (bicyclic) bond motifs is 1. The number of likely N-dealkylation sites (tertiary alicyclic amines) is 2. The van der Waals surface area contributed by atoms with Crippen LogP contribution in [-0.2, 0) is 10.2 Å². The van der Waals surface area contributed by atoms with E-state index < -0.39 is 0 Å². The molecule has 4 unspecified atom stereocenters. The Morgan fingerprint density at radius 1 is 1.24 bits per heavy atom. The van der Waals surface area contributed by atoms with E-state index in [2.05, 4.69) is 64.8 Å². The van der Waals surface area contributed by atoms with E-state index in [-0.39, 0.29) is 17.4 Å². The number of piperidine rings is 1. The molecular weight excluding hydrogens is 312 g/mol. The summed E-state index contributed by atoms with van der Waals surface area (Å²) < 4.78 is 0. The smallest absolute Gasteiger partial charge is 0.241 e. The number of amides is 1. The summed E-state index contributed by atoms with van der Waals surface area (Å²) in [5, 5.41) is 0. The summed E-state index contributed by atoms with van der Waals surface area (Å²) in [5.41, 5.74) is 8.02. The highest BCUT2D eigenvalue weighted by Crippen LogP contribution is 2.45. The third kappa shape index (κ3) is 2.98. The van der Waals surface area contributed by atoms with Crippen LogP contribution in [0, 0.1) is 5.92 Å². The largest absolute Gasteiger partial charge is 0.341 e. The second kappa shape index (κ2) is 6.71. The van der Waals surface area contributed by atoms with Crippen LogP contribution in [0.15, 0.2) is 30.3 Å².